The van der Waals surface area contributed by atoms with Crippen LogP contribution in [0.4, 0.5) is 0 Å². The first kappa shape index (κ1) is 18.4. The summed E-state index contributed by atoms with van der Waals surface area (Å²) in [6, 6.07) is 10.1. The number of aromatic nitrogens is 1. The maximum absolute atomic E-state index is 12.6. The third kappa shape index (κ3) is 4.35. The molecule has 25 heavy (non-hydrogen) atoms. The first-order valence-corrected chi connectivity index (χ1v) is 7.96. The second-order valence-corrected chi connectivity index (χ2v) is 5.95. The Morgan fingerprint density at radius 2 is 1.76 bits per heavy atom. The average Bonchev–Trinajstić information content (AvgIpc) is 2.94. The molecule has 0 radical (unpaired) electrons. The quantitative estimate of drug-likeness (QED) is 0.641. The van der Waals surface area contributed by atoms with Gasteiger partial charge in [-0.05, 0) is 26.0 Å². The third-order valence-electron chi connectivity index (χ3n) is 4.05. The van der Waals surface area contributed by atoms with Gasteiger partial charge in [-0.15, -0.1) is 0 Å². The van der Waals surface area contributed by atoms with Crippen molar-refractivity contribution in [3.8, 4) is 0 Å². The van der Waals surface area contributed by atoms with Crippen molar-refractivity contribution in [2.75, 3.05) is 7.11 Å². The van der Waals surface area contributed by atoms with Gasteiger partial charge < -0.3 is 14.6 Å². The Kier molecular flexibility index (Phi) is 5.75. The molecule has 1 amide bonds. The number of hydrogen-bond donors (Lipinski definition) is 1. The summed E-state index contributed by atoms with van der Waals surface area (Å²) < 4.78 is 6.28. The van der Waals surface area contributed by atoms with E-state index in [9.17, 15) is 14.4 Å². The predicted molar refractivity (Wildman–Crippen MR) is 93.3 cm³/mol. The number of rotatable bonds is 6. The number of nitrogens with one attached hydrogen (secondary N) is 1. The highest BCUT2D eigenvalue weighted by Crippen LogP contribution is 2.14. The molecule has 6 nitrogen and oxygen atoms in total. The molecule has 1 N–H and O–H groups in total. The van der Waals surface area contributed by atoms with Crippen molar-refractivity contribution < 1.29 is 19.1 Å². The summed E-state index contributed by atoms with van der Waals surface area (Å²) in [6.45, 7) is 3.52. The second kappa shape index (κ2) is 7.79. The Hall–Kier alpha value is -2.89. The number of amides is 1. The lowest BCUT2D eigenvalue weighted by atomic mass is 10.1. The van der Waals surface area contributed by atoms with Crippen LogP contribution in [0.15, 0.2) is 36.4 Å². The van der Waals surface area contributed by atoms with Gasteiger partial charge in [-0.1, -0.05) is 29.8 Å². The van der Waals surface area contributed by atoms with E-state index in [-0.39, 0.29) is 18.1 Å². The maximum Gasteiger partial charge on any atom is 0.328 e. The zero-order chi connectivity index (χ0) is 18.6. The van der Waals surface area contributed by atoms with Crippen LogP contribution in [0.25, 0.3) is 0 Å². The van der Waals surface area contributed by atoms with Gasteiger partial charge in [-0.2, -0.15) is 0 Å². The molecule has 2 aromatic rings. The molecule has 0 aliphatic carbocycles. The fourth-order valence-corrected chi connectivity index (χ4v) is 2.50. The number of esters is 1. The Morgan fingerprint density at radius 1 is 1.12 bits per heavy atom. The minimum atomic E-state index is -0.716. The highest BCUT2D eigenvalue weighted by molar-refractivity contribution is 6.08. The zero-order valence-corrected chi connectivity index (χ0v) is 14.8. The van der Waals surface area contributed by atoms with Crippen molar-refractivity contribution in [3.63, 3.8) is 0 Å². The molecule has 0 saturated heterocycles. The van der Waals surface area contributed by atoms with Gasteiger partial charge in [0.1, 0.15) is 6.04 Å². The number of aryl methyl sites for hydroxylation is 1. The molecule has 1 aromatic carbocycles. The van der Waals surface area contributed by atoms with Crippen molar-refractivity contribution in [3.05, 3.63) is 58.9 Å². The monoisotopic (exact) mass is 342 g/mol. The maximum atomic E-state index is 12.6. The van der Waals surface area contributed by atoms with Crippen LogP contribution in [0.5, 0.6) is 0 Å². The van der Waals surface area contributed by atoms with E-state index < -0.39 is 12.0 Å². The zero-order valence-electron chi connectivity index (χ0n) is 14.8. The highest BCUT2D eigenvalue weighted by Gasteiger charge is 2.19. The highest BCUT2D eigenvalue weighted by atomic mass is 16.5. The van der Waals surface area contributed by atoms with Crippen LogP contribution in [0, 0.1) is 6.92 Å². The number of ketones is 1. The number of methoxy groups -OCH3 is 1. The summed E-state index contributed by atoms with van der Waals surface area (Å²) >= 11 is 0. The van der Waals surface area contributed by atoms with E-state index in [2.05, 4.69) is 10.1 Å². The van der Waals surface area contributed by atoms with Crippen molar-refractivity contribution in [1.29, 1.82) is 0 Å². The molecular formula is C19H22N2O4. The molecule has 132 valence electrons. The van der Waals surface area contributed by atoms with Gasteiger partial charge in [0.2, 0.25) is 11.7 Å². The summed E-state index contributed by atoms with van der Waals surface area (Å²) in [5.41, 5.74) is 2.88. The molecule has 2 rings (SSSR count). The first-order chi connectivity index (χ1) is 11.8. The van der Waals surface area contributed by atoms with Crippen LogP contribution in [0.2, 0.25) is 0 Å². The Labute approximate surface area is 146 Å². The van der Waals surface area contributed by atoms with Crippen molar-refractivity contribution >= 4 is 17.7 Å². The fraction of sp³-hybridized carbons (Fsp3) is 0.316. The Balaban J connectivity index is 2.10. The molecule has 1 heterocycles. The van der Waals surface area contributed by atoms with Gasteiger partial charge >= 0.3 is 5.97 Å². The van der Waals surface area contributed by atoms with E-state index in [0.717, 1.165) is 5.56 Å². The van der Waals surface area contributed by atoms with Gasteiger partial charge in [0.05, 0.1) is 19.2 Å². The van der Waals surface area contributed by atoms with E-state index in [1.54, 1.807) is 42.8 Å². The number of carbonyl (C=O) groups excluding carboxylic acids is 3. The summed E-state index contributed by atoms with van der Waals surface area (Å²) in [7, 11) is 3.01. The fourth-order valence-electron chi connectivity index (χ4n) is 2.50. The molecule has 1 atom stereocenters. The Morgan fingerprint density at radius 3 is 2.36 bits per heavy atom. The molecule has 0 fully saturated rings. The van der Waals surface area contributed by atoms with Gasteiger partial charge in [0.15, 0.2) is 0 Å². The Bertz CT molecular complexity index is 790. The summed E-state index contributed by atoms with van der Waals surface area (Å²) in [4.78, 5) is 36.0. The lowest BCUT2D eigenvalue weighted by molar-refractivity contribution is -0.144. The molecule has 0 aliphatic rings. The van der Waals surface area contributed by atoms with Crippen molar-refractivity contribution in [1.82, 2.24) is 9.88 Å². The predicted octanol–water partition coefficient (Wildman–Crippen LogP) is 1.78. The van der Waals surface area contributed by atoms with E-state index in [1.807, 2.05) is 19.1 Å². The molecule has 0 aliphatic heterocycles. The number of benzene rings is 1. The normalized spacial score (nSPS) is 11.7. The van der Waals surface area contributed by atoms with Crippen LogP contribution in [0.1, 0.15) is 34.2 Å². The number of carbonyl (C=O) groups is 3. The number of nitrogens with zero attached hydrogens (tertiary/aromatic N) is 1. The van der Waals surface area contributed by atoms with Gasteiger partial charge in [0, 0.05) is 18.3 Å². The smallest absolute Gasteiger partial charge is 0.328 e. The van der Waals surface area contributed by atoms with E-state index in [1.165, 1.54) is 7.11 Å². The summed E-state index contributed by atoms with van der Waals surface area (Å²) in [5, 5.41) is 2.57. The van der Waals surface area contributed by atoms with Crippen LogP contribution < -0.4 is 5.32 Å². The molecule has 1 aromatic heterocycles. The molecule has 0 saturated carbocycles. The van der Waals surface area contributed by atoms with E-state index in [0.29, 0.717) is 17.0 Å². The number of hydrogen-bond acceptors (Lipinski definition) is 4. The lowest BCUT2D eigenvalue weighted by Gasteiger charge is -2.12. The summed E-state index contributed by atoms with van der Waals surface area (Å²) in [6.07, 6.45) is 0.0685. The minimum Gasteiger partial charge on any atom is -0.467 e. The SMILES string of the molecule is COC(=O)[C@H](C)NC(=O)Cc1ccc(C(=O)c2ccc(C)cc2)n1C. The van der Waals surface area contributed by atoms with Crippen LogP contribution in [-0.4, -0.2) is 35.4 Å². The van der Waals surface area contributed by atoms with Crippen LogP contribution in [-0.2, 0) is 27.8 Å². The van der Waals surface area contributed by atoms with Crippen LogP contribution in [0.3, 0.4) is 0 Å². The molecule has 0 unspecified atom stereocenters. The average molecular weight is 342 g/mol. The first-order valence-electron chi connectivity index (χ1n) is 7.96. The van der Waals surface area contributed by atoms with Gasteiger partial charge in [-0.3, -0.25) is 9.59 Å². The molecule has 0 spiro atoms. The molecule has 0 bridgehead atoms. The van der Waals surface area contributed by atoms with Crippen molar-refractivity contribution in [2.45, 2.75) is 26.3 Å². The third-order valence-corrected chi connectivity index (χ3v) is 4.05. The van der Waals surface area contributed by atoms with Crippen molar-refractivity contribution in [2.24, 2.45) is 7.05 Å². The topological polar surface area (TPSA) is 77.4 Å². The lowest BCUT2D eigenvalue weighted by Crippen LogP contribution is -2.40. The van der Waals surface area contributed by atoms with E-state index in [4.69, 9.17) is 0 Å². The second-order valence-electron chi connectivity index (χ2n) is 5.95. The number of ether oxygens (including phenoxy) is 1. The molecule has 6 heteroatoms. The summed E-state index contributed by atoms with van der Waals surface area (Å²) in [5.74, 6) is -0.916. The standard InChI is InChI=1S/C19H22N2O4/c1-12-5-7-14(8-6-12)18(23)16-10-9-15(21(16)3)11-17(22)20-13(2)19(24)25-4/h5-10,13H,11H2,1-4H3,(H,20,22)/t13-/m0/s1. The van der Waals surface area contributed by atoms with E-state index >= 15 is 0 Å². The molecular weight excluding hydrogens is 320 g/mol. The van der Waals surface area contributed by atoms with Gasteiger partial charge in [0.25, 0.3) is 0 Å². The van der Waals surface area contributed by atoms with Gasteiger partial charge in [-0.25, -0.2) is 4.79 Å². The van der Waals surface area contributed by atoms with Crippen LogP contribution >= 0.6 is 0 Å². The minimum absolute atomic E-state index is 0.0685. The largest absolute Gasteiger partial charge is 0.467 e.